The smallest absolute Gasteiger partial charge is 0.303 e. The molecule has 3 atom stereocenters. The molecular weight excluding hydrogens is 544 g/mol. The number of hydrogen-bond acceptors (Lipinski definition) is 6. The first kappa shape index (κ1) is 32.9. The molecule has 0 aromatic heterocycles. The molecular formula is C35H48N2O6. The predicted octanol–water partition coefficient (Wildman–Crippen LogP) is 6.20. The number of carbonyl (C=O) groups excluding carboxylic acids is 1. The molecule has 1 aliphatic heterocycles. The molecule has 0 bridgehead atoms. The second-order valence-corrected chi connectivity index (χ2v) is 11.9. The Labute approximate surface area is 256 Å². The number of ether oxygens (including phenoxy) is 2. The summed E-state index contributed by atoms with van der Waals surface area (Å²) >= 11 is 0. The van der Waals surface area contributed by atoms with Crippen molar-refractivity contribution in [2.75, 3.05) is 13.1 Å². The zero-order valence-electron chi connectivity index (χ0n) is 25.3. The van der Waals surface area contributed by atoms with Crippen LogP contribution in [0.25, 0.3) is 0 Å². The summed E-state index contributed by atoms with van der Waals surface area (Å²) in [5, 5.41) is 21.2. The summed E-state index contributed by atoms with van der Waals surface area (Å²) in [6, 6.07) is 16.6. The number of carboxylic acid groups (broad SMARTS) is 1. The number of amides is 1. The van der Waals surface area contributed by atoms with Crippen LogP contribution in [0, 0.1) is 0 Å². The molecule has 4 rings (SSSR count). The Kier molecular flexibility index (Phi) is 13.2. The highest BCUT2D eigenvalue weighted by Crippen LogP contribution is 2.39. The first-order chi connectivity index (χ1) is 20.9. The van der Waals surface area contributed by atoms with Gasteiger partial charge in [-0.3, -0.25) is 14.5 Å². The highest BCUT2D eigenvalue weighted by Gasteiger charge is 2.34. The van der Waals surface area contributed by atoms with E-state index in [2.05, 4.69) is 16.8 Å². The lowest BCUT2D eigenvalue weighted by atomic mass is 9.99. The van der Waals surface area contributed by atoms with Gasteiger partial charge in [0.25, 0.3) is 0 Å². The van der Waals surface area contributed by atoms with Crippen LogP contribution in [0.5, 0.6) is 0 Å². The lowest BCUT2D eigenvalue weighted by Gasteiger charge is -2.39. The monoisotopic (exact) mass is 592 g/mol. The molecule has 2 aromatic rings. The Balaban J connectivity index is 1.35. The summed E-state index contributed by atoms with van der Waals surface area (Å²) in [6.45, 7) is 6.13. The van der Waals surface area contributed by atoms with E-state index >= 15 is 0 Å². The zero-order valence-corrected chi connectivity index (χ0v) is 25.3. The third kappa shape index (κ3) is 10.6. The fourth-order valence-electron chi connectivity index (χ4n) is 6.10. The van der Waals surface area contributed by atoms with E-state index in [-0.39, 0.29) is 31.1 Å². The fourth-order valence-corrected chi connectivity index (χ4v) is 6.10. The molecule has 3 N–H and O–H groups in total. The van der Waals surface area contributed by atoms with Crippen molar-refractivity contribution in [3.63, 3.8) is 0 Å². The second kappa shape index (κ2) is 17.3. The van der Waals surface area contributed by atoms with Gasteiger partial charge in [-0.2, -0.15) is 0 Å². The summed E-state index contributed by atoms with van der Waals surface area (Å²) in [5.41, 5.74) is 3.89. The van der Waals surface area contributed by atoms with Crippen LogP contribution >= 0.6 is 0 Å². The highest BCUT2D eigenvalue weighted by molar-refractivity contribution is 5.75. The van der Waals surface area contributed by atoms with Gasteiger partial charge in [-0.1, -0.05) is 80.3 Å². The van der Waals surface area contributed by atoms with Crippen molar-refractivity contribution < 1.29 is 29.3 Å². The Hall–Kier alpha value is -3.04. The van der Waals surface area contributed by atoms with Crippen LogP contribution in [0.2, 0.25) is 0 Å². The Morgan fingerprint density at radius 3 is 2.21 bits per heavy atom. The normalized spacial score (nSPS) is 20.7. The minimum atomic E-state index is -0.770. The number of hydrogen-bond donors (Lipinski definition) is 3. The Morgan fingerprint density at radius 2 is 1.56 bits per heavy atom. The second-order valence-electron chi connectivity index (χ2n) is 11.9. The van der Waals surface area contributed by atoms with Gasteiger partial charge in [0.15, 0.2) is 6.29 Å². The van der Waals surface area contributed by atoms with Crippen molar-refractivity contribution in [1.29, 1.82) is 0 Å². The molecule has 2 aliphatic rings. The first-order valence-corrected chi connectivity index (χ1v) is 15.9. The van der Waals surface area contributed by atoms with Gasteiger partial charge in [0.2, 0.25) is 5.91 Å². The number of rotatable bonds is 17. The van der Waals surface area contributed by atoms with Gasteiger partial charge in [0.05, 0.1) is 18.8 Å². The molecule has 8 nitrogen and oxygen atoms in total. The summed E-state index contributed by atoms with van der Waals surface area (Å²) in [7, 11) is 0. The van der Waals surface area contributed by atoms with Crippen molar-refractivity contribution in [3.05, 3.63) is 83.4 Å². The van der Waals surface area contributed by atoms with Crippen LogP contribution in [-0.2, 0) is 32.2 Å². The number of nitrogens with zero attached hydrogens (tertiary/aromatic N) is 1. The molecule has 43 heavy (non-hydrogen) atoms. The van der Waals surface area contributed by atoms with Gasteiger partial charge < -0.3 is 25.0 Å². The van der Waals surface area contributed by atoms with E-state index in [1.165, 1.54) is 25.7 Å². The number of nitrogens with one attached hydrogen (secondary N) is 1. The Morgan fingerprint density at radius 1 is 0.907 bits per heavy atom. The molecule has 0 radical (unpaired) electrons. The maximum Gasteiger partial charge on any atom is 0.303 e. The zero-order chi connectivity index (χ0) is 30.4. The minimum Gasteiger partial charge on any atom is -0.481 e. The van der Waals surface area contributed by atoms with E-state index in [1.54, 1.807) is 0 Å². The number of aliphatic hydroxyl groups is 1. The summed E-state index contributed by atoms with van der Waals surface area (Å²) in [4.78, 5) is 25.4. The standard InChI is InChI=1S/C35H48N2O6/c1-2-21-37(30-9-7-8-10-30)24-31-22-32(28-17-15-27(25-38)16-18-28)43-35(42-31)29-19-13-26(14-20-29)23-36-33(39)11-5-3-4-6-12-34(40)41/h2,13-20,30-32,35,38H,1,3-12,21-25H2,(H,36,39)(H,40,41)/t31-,32+,35+/m0/s1. The highest BCUT2D eigenvalue weighted by atomic mass is 16.7. The van der Waals surface area contributed by atoms with Crippen molar-refractivity contribution in [2.45, 2.75) is 108 Å². The van der Waals surface area contributed by atoms with Crippen LogP contribution in [0.15, 0.2) is 61.2 Å². The van der Waals surface area contributed by atoms with Crippen molar-refractivity contribution in [2.24, 2.45) is 0 Å². The largest absolute Gasteiger partial charge is 0.481 e. The molecule has 1 amide bonds. The number of carboxylic acids is 1. The van der Waals surface area contributed by atoms with Crippen molar-refractivity contribution >= 4 is 11.9 Å². The number of benzene rings is 2. The fraction of sp³-hybridized carbons (Fsp3) is 0.543. The molecule has 2 aromatic carbocycles. The van der Waals surface area contributed by atoms with Crippen molar-refractivity contribution in [1.82, 2.24) is 10.2 Å². The molecule has 8 heteroatoms. The average molecular weight is 593 g/mol. The molecule has 2 fully saturated rings. The van der Waals surface area contributed by atoms with Crippen LogP contribution in [0.1, 0.15) is 105 Å². The Bertz CT molecular complexity index is 1150. The maximum atomic E-state index is 12.3. The van der Waals surface area contributed by atoms with E-state index in [1.807, 2.05) is 54.6 Å². The minimum absolute atomic E-state index is 0.00509. The molecule has 1 saturated heterocycles. The molecule has 234 valence electrons. The molecule has 1 aliphatic carbocycles. The van der Waals surface area contributed by atoms with E-state index in [4.69, 9.17) is 14.6 Å². The van der Waals surface area contributed by atoms with E-state index < -0.39 is 12.3 Å². The lowest BCUT2D eigenvalue weighted by molar-refractivity contribution is -0.253. The third-order valence-corrected chi connectivity index (χ3v) is 8.54. The predicted molar refractivity (Wildman–Crippen MR) is 166 cm³/mol. The summed E-state index contributed by atoms with van der Waals surface area (Å²) in [5.74, 6) is -0.765. The number of carbonyl (C=O) groups is 2. The summed E-state index contributed by atoms with van der Waals surface area (Å²) < 4.78 is 13.1. The van der Waals surface area contributed by atoms with Gasteiger partial charge in [-0.05, 0) is 42.4 Å². The van der Waals surface area contributed by atoms with Gasteiger partial charge in [-0.15, -0.1) is 6.58 Å². The maximum absolute atomic E-state index is 12.3. The van der Waals surface area contributed by atoms with Gasteiger partial charge in [0, 0.05) is 50.5 Å². The van der Waals surface area contributed by atoms with E-state index in [0.29, 0.717) is 25.4 Å². The van der Waals surface area contributed by atoms with Crippen LogP contribution in [-0.4, -0.2) is 52.2 Å². The topological polar surface area (TPSA) is 108 Å². The van der Waals surface area contributed by atoms with Crippen LogP contribution in [0.4, 0.5) is 0 Å². The van der Waals surface area contributed by atoms with E-state index in [9.17, 15) is 14.7 Å². The van der Waals surface area contributed by atoms with Gasteiger partial charge in [-0.25, -0.2) is 0 Å². The quantitative estimate of drug-likeness (QED) is 0.148. The number of aliphatic carboxylic acids is 1. The lowest BCUT2D eigenvalue weighted by Crippen LogP contribution is -2.43. The molecule has 0 spiro atoms. The SMILES string of the molecule is C=CCN(C[C@@H]1C[C@H](c2ccc(CO)cc2)O[C@H](c2ccc(CNC(=O)CCCCCCC(=O)O)cc2)O1)C1CCCC1. The first-order valence-electron chi connectivity index (χ1n) is 15.9. The van der Waals surface area contributed by atoms with Crippen LogP contribution in [0.3, 0.4) is 0 Å². The molecule has 0 unspecified atom stereocenters. The van der Waals surface area contributed by atoms with E-state index in [0.717, 1.165) is 61.0 Å². The average Bonchev–Trinajstić information content (AvgIpc) is 3.57. The van der Waals surface area contributed by atoms with Gasteiger partial charge in [0.1, 0.15) is 0 Å². The number of aliphatic hydroxyl groups excluding tert-OH is 1. The molecule has 1 saturated carbocycles. The third-order valence-electron chi connectivity index (χ3n) is 8.54. The van der Waals surface area contributed by atoms with Gasteiger partial charge >= 0.3 is 5.97 Å². The summed E-state index contributed by atoms with van der Waals surface area (Å²) in [6.07, 6.45) is 10.8. The van der Waals surface area contributed by atoms with Crippen molar-refractivity contribution in [3.8, 4) is 0 Å². The number of unbranched alkanes of at least 4 members (excludes halogenated alkanes) is 3. The van der Waals surface area contributed by atoms with Crippen LogP contribution < -0.4 is 5.32 Å². The molecule has 1 heterocycles.